The molecule has 0 saturated heterocycles. The van der Waals surface area contributed by atoms with Crippen molar-refractivity contribution in [1.29, 1.82) is 0 Å². The Morgan fingerprint density at radius 2 is 1.96 bits per heavy atom. The van der Waals surface area contributed by atoms with Gasteiger partial charge in [0.05, 0.1) is 22.1 Å². The van der Waals surface area contributed by atoms with E-state index in [1.807, 2.05) is 0 Å². The number of benzene rings is 1. The van der Waals surface area contributed by atoms with E-state index < -0.39 is 21.6 Å². The van der Waals surface area contributed by atoms with Gasteiger partial charge in [-0.25, -0.2) is 5.43 Å². The third kappa shape index (κ3) is 3.50. The number of carbonyl (C=O) groups is 1. The zero-order valence-corrected chi connectivity index (χ0v) is 13.1. The van der Waals surface area contributed by atoms with Crippen LogP contribution in [-0.4, -0.2) is 22.0 Å². The Kier molecular flexibility index (Phi) is 4.22. The van der Waals surface area contributed by atoms with Crippen molar-refractivity contribution in [3.8, 4) is 0 Å². The van der Waals surface area contributed by atoms with Crippen molar-refractivity contribution >= 4 is 45.1 Å². The van der Waals surface area contributed by atoms with Crippen LogP contribution in [0.25, 0.3) is 10.1 Å². The molecular weight excluding hydrogens is 352 g/mol. The van der Waals surface area contributed by atoms with Crippen molar-refractivity contribution < 1.29 is 19.1 Å². The summed E-state index contributed by atoms with van der Waals surface area (Å²) in [6.45, 7) is 0. The maximum atomic E-state index is 12.0. The molecule has 2 heterocycles. The van der Waals surface area contributed by atoms with E-state index in [4.69, 9.17) is 4.42 Å². The number of nitrogens with one attached hydrogen (secondary N) is 1. The number of hydrogen-bond donors (Lipinski definition) is 1. The fourth-order valence-electron chi connectivity index (χ4n) is 1.98. The lowest BCUT2D eigenvalue weighted by Gasteiger charge is -1.93. The first-order chi connectivity index (χ1) is 11.9. The summed E-state index contributed by atoms with van der Waals surface area (Å²) in [5.41, 5.74) is 2.20. The molecule has 0 unspecified atom stereocenters. The van der Waals surface area contributed by atoms with Gasteiger partial charge in [0.2, 0.25) is 0 Å². The molecule has 10 nitrogen and oxygen atoms in total. The summed E-state index contributed by atoms with van der Waals surface area (Å²) >= 11 is 1.16. The van der Waals surface area contributed by atoms with Gasteiger partial charge in [-0.2, -0.15) is 5.10 Å². The first kappa shape index (κ1) is 16.3. The summed E-state index contributed by atoms with van der Waals surface area (Å²) in [4.78, 5) is 32.4. The van der Waals surface area contributed by atoms with Crippen LogP contribution in [-0.2, 0) is 0 Å². The van der Waals surface area contributed by atoms with Crippen LogP contribution in [0.4, 0.5) is 11.6 Å². The highest BCUT2D eigenvalue weighted by Crippen LogP contribution is 2.28. The number of fused-ring (bicyclic) bond motifs is 1. The van der Waals surface area contributed by atoms with Gasteiger partial charge in [0.25, 0.3) is 11.6 Å². The van der Waals surface area contributed by atoms with Crippen molar-refractivity contribution in [3.05, 3.63) is 67.3 Å². The fourth-order valence-corrected chi connectivity index (χ4v) is 2.91. The zero-order valence-electron chi connectivity index (χ0n) is 12.2. The number of hydrazone groups is 1. The number of thiophene rings is 1. The number of amides is 1. The lowest BCUT2D eigenvalue weighted by molar-refractivity contribution is -0.402. The Morgan fingerprint density at radius 3 is 2.64 bits per heavy atom. The van der Waals surface area contributed by atoms with Gasteiger partial charge < -0.3 is 4.42 Å². The normalized spacial score (nSPS) is 11.0. The second-order valence-corrected chi connectivity index (χ2v) is 5.81. The van der Waals surface area contributed by atoms with Gasteiger partial charge in [0.1, 0.15) is 4.92 Å². The molecule has 1 N–H and O–H groups in total. The zero-order chi connectivity index (χ0) is 18.0. The summed E-state index contributed by atoms with van der Waals surface area (Å²) in [6.07, 6.45) is 1.13. The van der Waals surface area contributed by atoms with E-state index in [1.54, 1.807) is 6.07 Å². The van der Waals surface area contributed by atoms with Gasteiger partial charge in [-0.3, -0.25) is 25.0 Å². The number of rotatable bonds is 5. The molecule has 0 fully saturated rings. The highest BCUT2D eigenvalue weighted by atomic mass is 32.1. The van der Waals surface area contributed by atoms with Crippen LogP contribution in [0.15, 0.2) is 45.9 Å². The molecule has 0 spiro atoms. The molecule has 1 amide bonds. The van der Waals surface area contributed by atoms with Gasteiger partial charge in [0.15, 0.2) is 5.76 Å². The molecule has 0 aliphatic rings. The third-order valence-electron chi connectivity index (χ3n) is 3.08. The van der Waals surface area contributed by atoms with Gasteiger partial charge in [-0.05, 0) is 18.2 Å². The van der Waals surface area contributed by atoms with E-state index in [1.165, 1.54) is 30.3 Å². The molecule has 0 atom stereocenters. The Bertz CT molecular complexity index is 1020. The molecule has 0 saturated carbocycles. The van der Waals surface area contributed by atoms with Crippen LogP contribution < -0.4 is 5.43 Å². The number of nitro benzene ring substituents is 1. The quantitative estimate of drug-likeness (QED) is 0.421. The monoisotopic (exact) mass is 360 g/mol. The van der Waals surface area contributed by atoms with Crippen molar-refractivity contribution in [3.63, 3.8) is 0 Å². The summed E-state index contributed by atoms with van der Waals surface area (Å²) in [6, 6.07) is 8.35. The van der Waals surface area contributed by atoms with Gasteiger partial charge in [-0.15, -0.1) is 11.3 Å². The number of furan rings is 1. The molecule has 11 heteroatoms. The molecule has 1 aromatic carbocycles. The van der Waals surface area contributed by atoms with E-state index in [-0.39, 0.29) is 11.4 Å². The predicted molar refractivity (Wildman–Crippen MR) is 88.9 cm³/mol. The molecule has 0 aliphatic heterocycles. The van der Waals surface area contributed by atoms with Crippen LogP contribution in [0.1, 0.15) is 15.4 Å². The highest BCUT2D eigenvalue weighted by molar-refractivity contribution is 7.20. The van der Waals surface area contributed by atoms with E-state index in [2.05, 4.69) is 10.5 Å². The molecule has 0 bridgehead atoms. The Balaban J connectivity index is 1.72. The summed E-state index contributed by atoms with van der Waals surface area (Å²) in [5, 5.41) is 25.5. The van der Waals surface area contributed by atoms with Crippen molar-refractivity contribution in [2.45, 2.75) is 0 Å². The smallest absolute Gasteiger partial charge is 0.400 e. The van der Waals surface area contributed by atoms with Crippen LogP contribution in [0.2, 0.25) is 0 Å². The lowest BCUT2D eigenvalue weighted by atomic mass is 10.2. The Hall–Kier alpha value is -3.60. The first-order valence-corrected chi connectivity index (χ1v) is 7.51. The Morgan fingerprint density at radius 1 is 1.16 bits per heavy atom. The summed E-state index contributed by atoms with van der Waals surface area (Å²) in [5.74, 6) is -0.834. The largest absolute Gasteiger partial charge is 0.433 e. The number of nitro groups is 2. The molecule has 25 heavy (non-hydrogen) atoms. The van der Waals surface area contributed by atoms with E-state index in [0.717, 1.165) is 22.3 Å². The minimum Gasteiger partial charge on any atom is -0.400 e. The first-order valence-electron chi connectivity index (χ1n) is 6.69. The number of non-ortho nitro benzene ring substituents is 1. The average Bonchev–Trinajstić information content (AvgIpc) is 3.20. The van der Waals surface area contributed by atoms with Crippen LogP contribution in [0, 0.1) is 20.2 Å². The van der Waals surface area contributed by atoms with Gasteiger partial charge >= 0.3 is 5.88 Å². The standard InChI is InChI=1S/C14H8N4O6S/c19-14(16-15-7-10-2-4-13(24-10)18(22)23)12-6-8-5-9(17(20)21)1-3-11(8)25-12/h1-7H,(H,16,19). The predicted octanol–water partition coefficient (Wildman–Crippen LogP) is 3.07. The van der Waals surface area contributed by atoms with E-state index >= 15 is 0 Å². The molecule has 3 aromatic rings. The maximum Gasteiger partial charge on any atom is 0.433 e. The Labute approximate surface area is 142 Å². The number of hydrogen-bond acceptors (Lipinski definition) is 8. The van der Waals surface area contributed by atoms with Gasteiger partial charge in [0, 0.05) is 22.2 Å². The van der Waals surface area contributed by atoms with Crippen LogP contribution in [0.5, 0.6) is 0 Å². The molecule has 0 radical (unpaired) electrons. The summed E-state index contributed by atoms with van der Waals surface area (Å²) in [7, 11) is 0. The summed E-state index contributed by atoms with van der Waals surface area (Å²) < 4.78 is 5.58. The van der Waals surface area contributed by atoms with Crippen LogP contribution >= 0.6 is 11.3 Å². The minimum atomic E-state index is -0.688. The topological polar surface area (TPSA) is 141 Å². The molecule has 126 valence electrons. The van der Waals surface area contributed by atoms with Crippen molar-refractivity contribution in [1.82, 2.24) is 5.43 Å². The average molecular weight is 360 g/mol. The van der Waals surface area contributed by atoms with Crippen LogP contribution in [0.3, 0.4) is 0 Å². The van der Waals surface area contributed by atoms with E-state index in [9.17, 15) is 25.0 Å². The third-order valence-corrected chi connectivity index (χ3v) is 4.20. The highest BCUT2D eigenvalue weighted by Gasteiger charge is 2.13. The van der Waals surface area contributed by atoms with Gasteiger partial charge in [-0.1, -0.05) is 0 Å². The number of nitrogens with zero attached hydrogens (tertiary/aromatic N) is 3. The second kappa shape index (κ2) is 6.49. The molecule has 2 aromatic heterocycles. The fraction of sp³-hybridized carbons (Fsp3) is 0. The molecule has 3 rings (SSSR count). The lowest BCUT2D eigenvalue weighted by Crippen LogP contribution is -2.15. The SMILES string of the molecule is O=C(NN=Cc1ccc([N+](=O)[O-])o1)c1cc2cc([N+](=O)[O-])ccc2s1. The van der Waals surface area contributed by atoms with E-state index in [0.29, 0.717) is 10.3 Å². The molecular formula is C14H8N4O6S. The van der Waals surface area contributed by atoms with Crippen molar-refractivity contribution in [2.24, 2.45) is 5.10 Å². The maximum absolute atomic E-state index is 12.0. The molecule has 0 aliphatic carbocycles. The van der Waals surface area contributed by atoms with Crippen molar-refractivity contribution in [2.75, 3.05) is 0 Å². The number of carbonyl (C=O) groups excluding carboxylic acids is 1. The second-order valence-electron chi connectivity index (χ2n) is 4.72. The minimum absolute atomic E-state index is 0.0605.